The Balaban J connectivity index is 1.97. The average Bonchev–Trinajstić information content (AvgIpc) is 2.56. The summed E-state index contributed by atoms with van der Waals surface area (Å²) < 4.78 is 0.892. The summed E-state index contributed by atoms with van der Waals surface area (Å²) >= 11 is 7.18. The third-order valence-corrected chi connectivity index (χ3v) is 4.24. The molecule has 0 fully saturated rings. The molecule has 0 spiro atoms. The molecule has 5 nitrogen and oxygen atoms in total. The number of benzene rings is 2. The normalized spacial score (nSPS) is 9.92. The zero-order chi connectivity index (χ0) is 17.5. The Bertz CT molecular complexity index is 763. The standard InChI is InChI=1S/C17H16IN3O2S/c1-2-15(22)21-17(24)20-12-9-7-11(8-10-12)19-16(23)13-5-3-4-6-14(13)18/h3-10H,2H2,1H3,(H,19,23)(H2,20,21,22,24). The number of hydrogen-bond donors (Lipinski definition) is 3. The molecule has 0 aliphatic rings. The van der Waals surface area contributed by atoms with E-state index < -0.39 is 0 Å². The van der Waals surface area contributed by atoms with Gasteiger partial charge in [0.2, 0.25) is 5.91 Å². The maximum absolute atomic E-state index is 12.3. The van der Waals surface area contributed by atoms with Crippen LogP contribution in [-0.4, -0.2) is 16.9 Å². The first-order valence-electron chi connectivity index (χ1n) is 7.26. The van der Waals surface area contributed by atoms with Gasteiger partial charge < -0.3 is 16.0 Å². The van der Waals surface area contributed by atoms with Gasteiger partial charge in [-0.3, -0.25) is 9.59 Å². The molecule has 2 aromatic rings. The van der Waals surface area contributed by atoms with Crippen LogP contribution in [0.5, 0.6) is 0 Å². The topological polar surface area (TPSA) is 70.2 Å². The molecule has 0 atom stereocenters. The van der Waals surface area contributed by atoms with Crippen LogP contribution in [0.2, 0.25) is 0 Å². The Morgan fingerprint density at radius 3 is 2.17 bits per heavy atom. The van der Waals surface area contributed by atoms with E-state index >= 15 is 0 Å². The lowest BCUT2D eigenvalue weighted by atomic mass is 10.2. The van der Waals surface area contributed by atoms with Crippen molar-refractivity contribution in [2.24, 2.45) is 0 Å². The van der Waals surface area contributed by atoms with E-state index in [-0.39, 0.29) is 16.9 Å². The van der Waals surface area contributed by atoms with Crippen molar-refractivity contribution < 1.29 is 9.59 Å². The monoisotopic (exact) mass is 453 g/mol. The molecule has 2 amide bonds. The van der Waals surface area contributed by atoms with E-state index in [4.69, 9.17) is 12.2 Å². The lowest BCUT2D eigenvalue weighted by Gasteiger charge is -2.10. The van der Waals surface area contributed by atoms with Crippen molar-refractivity contribution in [1.82, 2.24) is 5.32 Å². The van der Waals surface area contributed by atoms with Gasteiger partial charge >= 0.3 is 0 Å². The summed E-state index contributed by atoms with van der Waals surface area (Å²) in [5.41, 5.74) is 2.03. The number of carbonyl (C=O) groups is 2. The second-order valence-electron chi connectivity index (χ2n) is 4.87. The summed E-state index contributed by atoms with van der Waals surface area (Å²) in [5.74, 6) is -0.305. The lowest BCUT2D eigenvalue weighted by Crippen LogP contribution is -2.33. The summed E-state index contributed by atoms with van der Waals surface area (Å²) in [4.78, 5) is 23.5. The maximum Gasteiger partial charge on any atom is 0.256 e. The molecular formula is C17H16IN3O2S. The van der Waals surface area contributed by atoms with Gasteiger partial charge in [-0.1, -0.05) is 19.1 Å². The first kappa shape index (κ1) is 18.3. The largest absolute Gasteiger partial charge is 0.332 e. The van der Waals surface area contributed by atoms with E-state index in [0.29, 0.717) is 17.7 Å². The number of amides is 2. The van der Waals surface area contributed by atoms with Crippen LogP contribution in [0.3, 0.4) is 0 Å². The van der Waals surface area contributed by atoms with E-state index in [1.165, 1.54) is 0 Å². The van der Waals surface area contributed by atoms with E-state index in [0.717, 1.165) is 9.26 Å². The van der Waals surface area contributed by atoms with E-state index in [2.05, 4.69) is 38.5 Å². The number of thiocarbonyl (C=S) groups is 1. The summed E-state index contributed by atoms with van der Waals surface area (Å²) in [6.07, 6.45) is 0.366. The highest BCUT2D eigenvalue weighted by Gasteiger charge is 2.09. The fourth-order valence-corrected chi connectivity index (χ4v) is 2.72. The number of carbonyl (C=O) groups excluding carboxylic acids is 2. The Kier molecular flexibility index (Phi) is 6.68. The van der Waals surface area contributed by atoms with E-state index in [1.54, 1.807) is 37.3 Å². The minimum absolute atomic E-state index is 0.145. The first-order chi connectivity index (χ1) is 11.5. The van der Waals surface area contributed by atoms with Gasteiger partial charge in [-0.05, 0) is 71.2 Å². The lowest BCUT2D eigenvalue weighted by molar-refractivity contribution is -0.119. The van der Waals surface area contributed by atoms with Crippen LogP contribution in [0, 0.1) is 3.57 Å². The quantitative estimate of drug-likeness (QED) is 0.487. The number of anilines is 2. The Morgan fingerprint density at radius 2 is 1.58 bits per heavy atom. The van der Waals surface area contributed by atoms with Gasteiger partial charge in [-0.25, -0.2) is 0 Å². The van der Waals surface area contributed by atoms with Crippen LogP contribution in [-0.2, 0) is 4.79 Å². The van der Waals surface area contributed by atoms with Crippen molar-refractivity contribution in [3.8, 4) is 0 Å². The molecule has 0 aliphatic heterocycles. The second kappa shape index (κ2) is 8.74. The molecule has 124 valence electrons. The number of halogens is 1. The zero-order valence-electron chi connectivity index (χ0n) is 12.9. The molecule has 0 heterocycles. The van der Waals surface area contributed by atoms with Gasteiger partial charge in [0.1, 0.15) is 0 Å². The first-order valence-corrected chi connectivity index (χ1v) is 8.75. The zero-order valence-corrected chi connectivity index (χ0v) is 15.9. The van der Waals surface area contributed by atoms with Crippen LogP contribution >= 0.6 is 34.8 Å². The minimum atomic E-state index is -0.161. The number of rotatable bonds is 4. The van der Waals surface area contributed by atoms with Crippen LogP contribution in [0.1, 0.15) is 23.7 Å². The fourth-order valence-electron chi connectivity index (χ4n) is 1.86. The smallest absolute Gasteiger partial charge is 0.256 e. The number of nitrogens with one attached hydrogen (secondary N) is 3. The molecule has 0 aromatic heterocycles. The summed E-state index contributed by atoms with van der Waals surface area (Å²) in [6, 6.07) is 14.5. The van der Waals surface area contributed by atoms with Gasteiger partial charge in [0, 0.05) is 21.4 Å². The predicted molar refractivity (Wildman–Crippen MR) is 108 cm³/mol. The molecule has 0 unspecified atom stereocenters. The highest BCUT2D eigenvalue weighted by Crippen LogP contribution is 2.17. The molecule has 2 aromatic carbocycles. The molecule has 0 aliphatic carbocycles. The van der Waals surface area contributed by atoms with Gasteiger partial charge in [0.15, 0.2) is 5.11 Å². The molecule has 0 saturated heterocycles. The van der Waals surface area contributed by atoms with E-state index in [9.17, 15) is 9.59 Å². The highest BCUT2D eigenvalue weighted by atomic mass is 127. The van der Waals surface area contributed by atoms with Crippen molar-refractivity contribution in [3.05, 3.63) is 57.7 Å². The Labute approximate surface area is 159 Å². The summed E-state index contributed by atoms with van der Waals surface area (Å²) in [7, 11) is 0. The molecule has 3 N–H and O–H groups in total. The van der Waals surface area contributed by atoms with Crippen LogP contribution in [0.25, 0.3) is 0 Å². The van der Waals surface area contributed by atoms with Crippen molar-refractivity contribution in [1.29, 1.82) is 0 Å². The van der Waals surface area contributed by atoms with Crippen molar-refractivity contribution in [2.45, 2.75) is 13.3 Å². The molecular weight excluding hydrogens is 437 g/mol. The number of hydrogen-bond acceptors (Lipinski definition) is 3. The molecule has 24 heavy (non-hydrogen) atoms. The predicted octanol–water partition coefficient (Wildman–Crippen LogP) is 3.77. The van der Waals surface area contributed by atoms with Crippen molar-refractivity contribution in [3.63, 3.8) is 0 Å². The molecule has 0 saturated carbocycles. The van der Waals surface area contributed by atoms with Crippen LogP contribution < -0.4 is 16.0 Å². The SMILES string of the molecule is CCC(=O)NC(=S)Nc1ccc(NC(=O)c2ccccc2I)cc1. The van der Waals surface area contributed by atoms with Gasteiger partial charge in [0.25, 0.3) is 5.91 Å². The maximum atomic E-state index is 12.3. The molecule has 0 radical (unpaired) electrons. The van der Waals surface area contributed by atoms with Gasteiger partial charge in [-0.2, -0.15) is 0 Å². The summed E-state index contributed by atoms with van der Waals surface area (Å²) in [6.45, 7) is 1.75. The summed E-state index contributed by atoms with van der Waals surface area (Å²) in [5, 5.41) is 8.57. The van der Waals surface area contributed by atoms with Crippen molar-refractivity contribution in [2.75, 3.05) is 10.6 Å². The van der Waals surface area contributed by atoms with Crippen molar-refractivity contribution >= 4 is 63.1 Å². The third kappa shape index (κ3) is 5.27. The Morgan fingerprint density at radius 1 is 1.00 bits per heavy atom. The van der Waals surface area contributed by atoms with E-state index in [1.807, 2.05) is 18.2 Å². The fraction of sp³-hybridized carbons (Fsp3) is 0.118. The van der Waals surface area contributed by atoms with Crippen LogP contribution in [0.15, 0.2) is 48.5 Å². The highest BCUT2D eigenvalue weighted by molar-refractivity contribution is 14.1. The van der Waals surface area contributed by atoms with Gasteiger partial charge in [0.05, 0.1) is 5.56 Å². The minimum Gasteiger partial charge on any atom is -0.332 e. The van der Waals surface area contributed by atoms with Crippen LogP contribution in [0.4, 0.5) is 11.4 Å². The van der Waals surface area contributed by atoms with Gasteiger partial charge in [-0.15, -0.1) is 0 Å². The molecule has 2 rings (SSSR count). The molecule has 0 bridgehead atoms. The Hall–Kier alpha value is -2.00. The second-order valence-corrected chi connectivity index (χ2v) is 6.44. The molecule has 7 heteroatoms. The third-order valence-electron chi connectivity index (χ3n) is 3.09. The average molecular weight is 453 g/mol.